The monoisotopic (exact) mass is 335 g/mol. The van der Waals surface area contributed by atoms with Crippen molar-refractivity contribution in [3.05, 3.63) is 60.1 Å². The number of hydrogen-bond acceptors (Lipinski definition) is 6. The fourth-order valence-corrected chi connectivity index (χ4v) is 3.27. The largest absolute Gasteiger partial charge is 0.373 e. The van der Waals surface area contributed by atoms with Gasteiger partial charge in [-0.2, -0.15) is 4.98 Å². The molecule has 1 fully saturated rings. The van der Waals surface area contributed by atoms with E-state index in [4.69, 9.17) is 4.52 Å². The molecule has 0 aliphatic carbocycles. The first-order chi connectivity index (χ1) is 12.3. The Labute approximate surface area is 146 Å². The fourth-order valence-electron chi connectivity index (χ4n) is 3.27. The first-order valence-electron chi connectivity index (χ1n) is 8.59. The topological polar surface area (TPSA) is 67.1 Å². The highest BCUT2D eigenvalue weighted by Gasteiger charge is 2.30. The Hall–Kier alpha value is -2.73. The number of nitrogens with one attached hydrogen (secondary N) is 1. The van der Waals surface area contributed by atoms with Gasteiger partial charge in [-0.25, -0.2) is 4.98 Å². The number of likely N-dealkylation sites (tertiary alicyclic amines) is 1. The summed E-state index contributed by atoms with van der Waals surface area (Å²) in [4.78, 5) is 11.3. The van der Waals surface area contributed by atoms with E-state index in [2.05, 4.69) is 49.6 Å². The van der Waals surface area contributed by atoms with E-state index in [1.54, 1.807) is 6.20 Å². The molecular formula is C19H21N5O. The summed E-state index contributed by atoms with van der Waals surface area (Å²) in [6, 6.07) is 14.5. The van der Waals surface area contributed by atoms with E-state index in [1.165, 1.54) is 5.56 Å². The molecule has 1 aromatic carbocycles. The number of anilines is 1. The molecular weight excluding hydrogens is 314 g/mol. The highest BCUT2D eigenvalue weighted by molar-refractivity contribution is 5.55. The minimum absolute atomic E-state index is 0.186. The van der Waals surface area contributed by atoms with Crippen molar-refractivity contribution in [2.75, 3.05) is 18.9 Å². The van der Waals surface area contributed by atoms with Gasteiger partial charge in [0.1, 0.15) is 5.82 Å². The predicted octanol–water partition coefficient (Wildman–Crippen LogP) is 3.51. The van der Waals surface area contributed by atoms with Crippen LogP contribution in [0.2, 0.25) is 0 Å². The lowest BCUT2D eigenvalue weighted by Gasteiger charge is -2.21. The Bertz CT molecular complexity index is 815. The highest BCUT2D eigenvalue weighted by Crippen LogP contribution is 2.33. The SMILES string of the molecule is CNc1ccc(-c2noc([C@H]3CCCN3Cc3ccccc3)n2)cn1. The molecule has 0 bridgehead atoms. The van der Waals surface area contributed by atoms with Gasteiger partial charge in [-0.05, 0) is 37.1 Å². The molecule has 3 heterocycles. The van der Waals surface area contributed by atoms with Gasteiger partial charge < -0.3 is 9.84 Å². The van der Waals surface area contributed by atoms with Gasteiger partial charge in [-0.15, -0.1) is 0 Å². The van der Waals surface area contributed by atoms with Gasteiger partial charge in [-0.3, -0.25) is 4.90 Å². The molecule has 0 spiro atoms. The first-order valence-corrected chi connectivity index (χ1v) is 8.59. The van der Waals surface area contributed by atoms with Crippen LogP contribution in [0.5, 0.6) is 0 Å². The van der Waals surface area contributed by atoms with Crippen LogP contribution in [0.15, 0.2) is 53.2 Å². The fraction of sp³-hybridized carbons (Fsp3) is 0.316. The molecule has 0 amide bonds. The minimum Gasteiger partial charge on any atom is -0.373 e. The van der Waals surface area contributed by atoms with Crippen molar-refractivity contribution in [3.63, 3.8) is 0 Å². The van der Waals surface area contributed by atoms with Crippen molar-refractivity contribution >= 4 is 5.82 Å². The first kappa shape index (κ1) is 15.8. The molecule has 6 heteroatoms. The molecule has 1 N–H and O–H groups in total. The number of pyridine rings is 1. The van der Waals surface area contributed by atoms with Crippen molar-refractivity contribution in [2.24, 2.45) is 0 Å². The van der Waals surface area contributed by atoms with E-state index in [-0.39, 0.29) is 6.04 Å². The average molecular weight is 335 g/mol. The van der Waals surface area contributed by atoms with Gasteiger partial charge in [0.05, 0.1) is 6.04 Å². The predicted molar refractivity (Wildman–Crippen MR) is 95.9 cm³/mol. The van der Waals surface area contributed by atoms with Gasteiger partial charge in [0, 0.05) is 25.4 Å². The molecule has 0 saturated carbocycles. The van der Waals surface area contributed by atoms with E-state index in [0.717, 1.165) is 37.3 Å². The summed E-state index contributed by atoms with van der Waals surface area (Å²) in [7, 11) is 1.84. The number of rotatable bonds is 5. The zero-order chi connectivity index (χ0) is 17.1. The molecule has 128 valence electrons. The summed E-state index contributed by atoms with van der Waals surface area (Å²) in [6.07, 6.45) is 3.95. The Morgan fingerprint density at radius 1 is 1.20 bits per heavy atom. The number of hydrogen-bond donors (Lipinski definition) is 1. The zero-order valence-corrected chi connectivity index (χ0v) is 14.2. The van der Waals surface area contributed by atoms with E-state index in [0.29, 0.717) is 11.7 Å². The van der Waals surface area contributed by atoms with E-state index < -0.39 is 0 Å². The van der Waals surface area contributed by atoms with Crippen LogP contribution in [0, 0.1) is 0 Å². The standard InChI is InChI=1S/C19H21N5O/c1-20-17-10-9-15(12-21-17)18-22-19(25-23-18)16-8-5-11-24(16)13-14-6-3-2-4-7-14/h2-4,6-7,9-10,12,16H,5,8,11,13H2,1H3,(H,20,21)/t16-/m1/s1. The average Bonchev–Trinajstić information content (AvgIpc) is 3.32. The normalized spacial score (nSPS) is 17.7. The van der Waals surface area contributed by atoms with Crippen molar-refractivity contribution in [3.8, 4) is 11.4 Å². The maximum atomic E-state index is 5.58. The molecule has 1 aliphatic rings. The van der Waals surface area contributed by atoms with Crippen molar-refractivity contribution in [1.29, 1.82) is 0 Å². The second kappa shape index (κ2) is 7.03. The van der Waals surface area contributed by atoms with Crippen LogP contribution in [0.3, 0.4) is 0 Å². The van der Waals surface area contributed by atoms with Gasteiger partial charge in [0.15, 0.2) is 0 Å². The van der Waals surface area contributed by atoms with Crippen LogP contribution in [0.1, 0.15) is 30.3 Å². The molecule has 0 unspecified atom stereocenters. The molecule has 1 atom stereocenters. The maximum absolute atomic E-state index is 5.58. The summed E-state index contributed by atoms with van der Waals surface area (Å²) >= 11 is 0. The zero-order valence-electron chi connectivity index (χ0n) is 14.2. The summed E-state index contributed by atoms with van der Waals surface area (Å²) in [5.74, 6) is 2.11. The summed E-state index contributed by atoms with van der Waals surface area (Å²) in [6.45, 7) is 1.96. The highest BCUT2D eigenvalue weighted by atomic mass is 16.5. The molecule has 1 saturated heterocycles. The minimum atomic E-state index is 0.186. The third kappa shape index (κ3) is 3.39. The Balaban J connectivity index is 1.52. The van der Waals surface area contributed by atoms with Gasteiger partial charge in [-0.1, -0.05) is 35.5 Å². The molecule has 6 nitrogen and oxygen atoms in total. The van der Waals surface area contributed by atoms with E-state index >= 15 is 0 Å². The lowest BCUT2D eigenvalue weighted by atomic mass is 10.2. The molecule has 1 aliphatic heterocycles. The maximum Gasteiger partial charge on any atom is 0.244 e. The lowest BCUT2D eigenvalue weighted by molar-refractivity contribution is 0.201. The smallest absolute Gasteiger partial charge is 0.244 e. The van der Waals surface area contributed by atoms with Gasteiger partial charge in [0.2, 0.25) is 11.7 Å². The molecule has 0 radical (unpaired) electrons. The summed E-state index contributed by atoms with van der Waals surface area (Å²) in [5, 5.41) is 7.16. The van der Waals surface area contributed by atoms with Crippen LogP contribution in [-0.2, 0) is 6.54 Å². The number of aromatic nitrogens is 3. The van der Waals surface area contributed by atoms with Gasteiger partial charge >= 0.3 is 0 Å². The second-order valence-corrected chi connectivity index (χ2v) is 6.25. The summed E-state index contributed by atoms with van der Waals surface area (Å²) < 4.78 is 5.58. The van der Waals surface area contributed by atoms with Crippen LogP contribution >= 0.6 is 0 Å². The lowest BCUT2D eigenvalue weighted by Crippen LogP contribution is -2.22. The molecule has 2 aromatic heterocycles. The van der Waals surface area contributed by atoms with Crippen molar-refractivity contribution < 1.29 is 4.52 Å². The van der Waals surface area contributed by atoms with E-state index in [1.807, 2.05) is 25.2 Å². The van der Waals surface area contributed by atoms with E-state index in [9.17, 15) is 0 Å². The third-order valence-electron chi connectivity index (χ3n) is 4.60. The Morgan fingerprint density at radius 3 is 2.84 bits per heavy atom. The second-order valence-electron chi connectivity index (χ2n) is 6.25. The molecule has 4 rings (SSSR count). The van der Waals surface area contributed by atoms with Gasteiger partial charge in [0.25, 0.3) is 0 Å². The van der Waals surface area contributed by atoms with Crippen LogP contribution in [0.25, 0.3) is 11.4 Å². The molecule has 25 heavy (non-hydrogen) atoms. The van der Waals surface area contributed by atoms with Crippen molar-refractivity contribution in [1.82, 2.24) is 20.0 Å². The number of nitrogens with zero attached hydrogens (tertiary/aromatic N) is 4. The quantitative estimate of drug-likeness (QED) is 0.769. The Morgan fingerprint density at radius 2 is 2.08 bits per heavy atom. The number of benzene rings is 1. The third-order valence-corrected chi connectivity index (χ3v) is 4.60. The molecule has 3 aromatic rings. The Kier molecular flexibility index (Phi) is 4.43. The van der Waals surface area contributed by atoms with Crippen LogP contribution < -0.4 is 5.32 Å². The van der Waals surface area contributed by atoms with Crippen molar-refractivity contribution in [2.45, 2.75) is 25.4 Å². The summed E-state index contributed by atoms with van der Waals surface area (Å²) in [5.41, 5.74) is 2.17. The van der Waals surface area contributed by atoms with Crippen LogP contribution in [-0.4, -0.2) is 33.6 Å². The van der Waals surface area contributed by atoms with Crippen LogP contribution in [0.4, 0.5) is 5.82 Å².